The van der Waals surface area contributed by atoms with Gasteiger partial charge in [-0.3, -0.25) is 4.90 Å². The van der Waals surface area contributed by atoms with E-state index < -0.39 is 10.0 Å². The number of hydrogen-bond donors (Lipinski definition) is 0. The van der Waals surface area contributed by atoms with Crippen LogP contribution in [-0.2, 0) is 10.0 Å². The van der Waals surface area contributed by atoms with Crippen LogP contribution in [0.3, 0.4) is 0 Å². The van der Waals surface area contributed by atoms with Crippen LogP contribution in [0.1, 0.15) is 24.5 Å². The first-order valence-corrected chi connectivity index (χ1v) is 12.9. The molecule has 2 aromatic rings. The van der Waals surface area contributed by atoms with E-state index in [4.69, 9.17) is 0 Å². The van der Waals surface area contributed by atoms with Crippen molar-refractivity contribution in [3.05, 3.63) is 71.1 Å². The summed E-state index contributed by atoms with van der Waals surface area (Å²) in [5.41, 5.74) is 3.79. The first-order valence-electron chi connectivity index (χ1n) is 10.5. The maximum Gasteiger partial charge on any atom is 0.243 e. The van der Waals surface area contributed by atoms with Gasteiger partial charge in [-0.1, -0.05) is 66.7 Å². The van der Waals surface area contributed by atoms with Crippen molar-refractivity contribution in [2.24, 2.45) is 0 Å². The smallest absolute Gasteiger partial charge is 0.243 e. The highest BCUT2D eigenvalue weighted by molar-refractivity contribution is 8.03. The molecular formula is C23H29N3O2S2. The van der Waals surface area contributed by atoms with E-state index in [1.807, 2.05) is 36.9 Å². The minimum atomic E-state index is -3.43. The van der Waals surface area contributed by atoms with Gasteiger partial charge in [-0.2, -0.15) is 4.31 Å². The van der Waals surface area contributed by atoms with Crippen molar-refractivity contribution in [2.45, 2.75) is 30.7 Å². The molecular weight excluding hydrogens is 414 g/mol. The van der Waals surface area contributed by atoms with Gasteiger partial charge in [0.05, 0.1) is 10.6 Å². The number of aryl methyl sites for hydroxylation is 1. The molecule has 0 spiro atoms. The third kappa shape index (κ3) is 4.30. The molecule has 2 aliphatic rings. The zero-order valence-electron chi connectivity index (χ0n) is 17.6. The minimum absolute atomic E-state index is 0.226. The molecule has 2 aromatic carbocycles. The Morgan fingerprint density at radius 3 is 2.27 bits per heavy atom. The molecule has 0 aliphatic carbocycles. The average Bonchev–Trinajstić information content (AvgIpc) is 3.19. The van der Waals surface area contributed by atoms with Crippen LogP contribution in [0.2, 0.25) is 0 Å². The van der Waals surface area contributed by atoms with Crippen LogP contribution in [0.15, 0.2) is 64.9 Å². The molecule has 5 nitrogen and oxygen atoms in total. The minimum Gasteiger partial charge on any atom is -0.346 e. The molecule has 0 aromatic heterocycles. The van der Waals surface area contributed by atoms with Crippen molar-refractivity contribution in [1.82, 2.24) is 14.1 Å². The molecule has 0 bridgehead atoms. The average molecular weight is 444 g/mol. The number of benzene rings is 2. The monoisotopic (exact) mass is 443 g/mol. The molecule has 2 aliphatic heterocycles. The van der Waals surface area contributed by atoms with E-state index in [1.54, 1.807) is 16.4 Å². The van der Waals surface area contributed by atoms with Gasteiger partial charge in [0.15, 0.2) is 0 Å². The first-order chi connectivity index (χ1) is 14.5. The third-order valence-electron chi connectivity index (χ3n) is 5.66. The Kier molecular flexibility index (Phi) is 6.53. The van der Waals surface area contributed by atoms with Crippen LogP contribution >= 0.6 is 11.8 Å². The quantitative estimate of drug-likeness (QED) is 0.674. The molecule has 2 heterocycles. The Hall–Kier alpha value is -1.80. The molecule has 0 N–H and O–H groups in total. The van der Waals surface area contributed by atoms with Gasteiger partial charge in [-0.15, -0.1) is 0 Å². The summed E-state index contributed by atoms with van der Waals surface area (Å²) in [7, 11) is -3.43. The summed E-state index contributed by atoms with van der Waals surface area (Å²) >= 11 is 1.83. The van der Waals surface area contributed by atoms with Gasteiger partial charge in [0.25, 0.3) is 0 Å². The largest absolute Gasteiger partial charge is 0.346 e. The lowest BCUT2D eigenvalue weighted by Gasteiger charge is -2.41. The lowest BCUT2D eigenvalue weighted by Crippen LogP contribution is -2.54. The number of nitrogens with zero attached hydrogens (tertiary/aromatic N) is 3. The van der Waals surface area contributed by atoms with Gasteiger partial charge >= 0.3 is 0 Å². The van der Waals surface area contributed by atoms with Gasteiger partial charge in [0.1, 0.15) is 5.50 Å². The highest BCUT2D eigenvalue weighted by Crippen LogP contribution is 2.39. The van der Waals surface area contributed by atoms with Crippen molar-refractivity contribution in [1.29, 1.82) is 0 Å². The molecule has 30 heavy (non-hydrogen) atoms. The Labute approximate surface area is 184 Å². The summed E-state index contributed by atoms with van der Waals surface area (Å²) in [5, 5.41) is 2.26. The number of sulfonamides is 1. The number of piperazine rings is 1. The summed E-state index contributed by atoms with van der Waals surface area (Å²) in [6.07, 6.45) is 1.07. The normalized spacial score (nSPS) is 21.1. The molecule has 7 heteroatoms. The summed E-state index contributed by atoms with van der Waals surface area (Å²) < 4.78 is 27.7. The van der Waals surface area contributed by atoms with Gasteiger partial charge in [-0.05, 0) is 36.4 Å². The highest BCUT2D eigenvalue weighted by atomic mass is 32.2. The fourth-order valence-electron chi connectivity index (χ4n) is 4.01. The van der Waals surface area contributed by atoms with Crippen LogP contribution in [-0.4, -0.2) is 60.7 Å². The Morgan fingerprint density at radius 1 is 0.967 bits per heavy atom. The SMILES string of the molecule is CCCN1C(c2ccccc2)=CSC1N1CCN(S(=O)(=O)c2ccc(C)cc2)CC1. The van der Waals surface area contributed by atoms with Gasteiger partial charge in [0.2, 0.25) is 10.0 Å². The van der Waals surface area contributed by atoms with Crippen molar-refractivity contribution < 1.29 is 8.42 Å². The van der Waals surface area contributed by atoms with Crippen molar-refractivity contribution in [3.8, 4) is 0 Å². The fourth-order valence-corrected chi connectivity index (χ4v) is 6.70. The second-order valence-corrected chi connectivity index (χ2v) is 10.6. The lowest BCUT2D eigenvalue weighted by atomic mass is 10.1. The van der Waals surface area contributed by atoms with Crippen LogP contribution < -0.4 is 0 Å². The first kappa shape index (κ1) is 21.4. The highest BCUT2D eigenvalue weighted by Gasteiger charge is 2.36. The maximum absolute atomic E-state index is 13.0. The summed E-state index contributed by atoms with van der Waals surface area (Å²) in [5.74, 6) is 0. The van der Waals surface area contributed by atoms with Gasteiger partial charge < -0.3 is 4.90 Å². The second kappa shape index (κ2) is 9.14. The number of rotatable bonds is 6. The molecule has 1 fully saturated rings. The zero-order valence-corrected chi connectivity index (χ0v) is 19.2. The lowest BCUT2D eigenvalue weighted by molar-refractivity contribution is 0.112. The van der Waals surface area contributed by atoms with Crippen molar-refractivity contribution >= 4 is 27.5 Å². The predicted octanol–water partition coefficient (Wildman–Crippen LogP) is 4.04. The molecule has 4 rings (SSSR count). The van der Waals surface area contributed by atoms with E-state index in [2.05, 4.69) is 46.4 Å². The van der Waals surface area contributed by atoms with E-state index in [9.17, 15) is 8.42 Å². The molecule has 1 atom stereocenters. The van der Waals surface area contributed by atoms with E-state index >= 15 is 0 Å². The van der Waals surface area contributed by atoms with Crippen LogP contribution in [0, 0.1) is 6.92 Å². The predicted molar refractivity (Wildman–Crippen MR) is 124 cm³/mol. The van der Waals surface area contributed by atoms with Gasteiger partial charge in [0, 0.05) is 32.7 Å². The Morgan fingerprint density at radius 2 is 1.63 bits per heavy atom. The Bertz CT molecular complexity index is 983. The second-order valence-electron chi connectivity index (χ2n) is 7.78. The number of thioether (sulfide) groups is 1. The summed E-state index contributed by atoms with van der Waals surface area (Å²) in [6, 6.07) is 17.6. The standard InChI is InChI=1S/C23H29N3O2S2/c1-3-13-26-22(20-7-5-4-6-8-20)18-29-23(26)24-14-16-25(17-15-24)30(27,28)21-11-9-19(2)10-12-21/h4-12,18,23H,3,13-17H2,1-2H3. The van der Waals surface area contributed by atoms with Crippen LogP contribution in [0.5, 0.6) is 0 Å². The van der Waals surface area contributed by atoms with E-state index in [1.165, 1.54) is 11.3 Å². The van der Waals surface area contributed by atoms with Crippen LogP contribution in [0.25, 0.3) is 5.70 Å². The van der Waals surface area contributed by atoms with Crippen molar-refractivity contribution in [3.63, 3.8) is 0 Å². The number of hydrogen-bond acceptors (Lipinski definition) is 5. The fraction of sp³-hybridized carbons (Fsp3) is 0.391. The van der Waals surface area contributed by atoms with Gasteiger partial charge in [-0.25, -0.2) is 8.42 Å². The van der Waals surface area contributed by atoms with E-state index in [0.29, 0.717) is 18.0 Å². The van der Waals surface area contributed by atoms with E-state index in [-0.39, 0.29) is 5.50 Å². The molecule has 1 saturated heterocycles. The summed E-state index contributed by atoms with van der Waals surface area (Å²) in [6.45, 7) is 7.67. The molecule has 0 amide bonds. The summed E-state index contributed by atoms with van der Waals surface area (Å²) in [4.78, 5) is 5.26. The Balaban J connectivity index is 1.44. The molecule has 0 radical (unpaired) electrons. The third-order valence-corrected chi connectivity index (χ3v) is 8.72. The molecule has 1 unspecified atom stereocenters. The van der Waals surface area contributed by atoms with E-state index in [0.717, 1.165) is 31.6 Å². The van der Waals surface area contributed by atoms with Crippen LogP contribution in [0.4, 0.5) is 0 Å². The van der Waals surface area contributed by atoms with Crippen molar-refractivity contribution in [2.75, 3.05) is 32.7 Å². The zero-order chi connectivity index (χ0) is 21.1. The molecule has 0 saturated carbocycles. The topological polar surface area (TPSA) is 43.9 Å². The maximum atomic E-state index is 13.0. The molecule has 160 valence electrons.